The van der Waals surface area contributed by atoms with Crippen molar-refractivity contribution < 1.29 is 0 Å². The van der Waals surface area contributed by atoms with E-state index in [1.54, 1.807) is 12.4 Å². The molecule has 0 unspecified atom stereocenters. The van der Waals surface area contributed by atoms with Gasteiger partial charge in [-0.3, -0.25) is 10.4 Å². The maximum Gasteiger partial charge on any atom is 0.184 e. The Hall–Kier alpha value is -1.49. The molecule has 0 saturated heterocycles. The predicted octanol–water partition coefficient (Wildman–Crippen LogP) is 0.639. The van der Waals surface area contributed by atoms with Gasteiger partial charge in [-0.15, -0.1) is 0 Å². The van der Waals surface area contributed by atoms with Crippen molar-refractivity contribution in [3.63, 3.8) is 0 Å². The van der Waals surface area contributed by atoms with Crippen LogP contribution in [0.2, 0.25) is 0 Å². The molecule has 0 fully saturated rings. The quantitative estimate of drug-likeness (QED) is 0.412. The molecule has 3 N–H and O–H groups in total. The Labute approximate surface area is 81.9 Å². The van der Waals surface area contributed by atoms with Crippen LogP contribution in [0.5, 0.6) is 0 Å². The number of nitrogens with one attached hydrogen (secondary N) is 1. The highest BCUT2D eigenvalue weighted by Gasteiger charge is 1.94. The van der Waals surface area contributed by atoms with E-state index in [4.69, 9.17) is 5.73 Å². The lowest BCUT2D eigenvalue weighted by molar-refractivity contribution is 1.03. The Balaban J connectivity index is 2.73. The van der Waals surface area contributed by atoms with E-state index in [1.807, 2.05) is 19.1 Å². The van der Waals surface area contributed by atoms with Crippen LogP contribution in [0.25, 0.3) is 0 Å². The van der Waals surface area contributed by atoms with Crippen molar-refractivity contribution >= 4 is 23.0 Å². The first kappa shape index (κ1) is 9.60. The van der Waals surface area contributed by atoms with Gasteiger partial charge < -0.3 is 5.73 Å². The Morgan fingerprint density at radius 3 is 2.69 bits per heavy atom. The first-order chi connectivity index (χ1) is 6.20. The fourth-order valence-corrected chi connectivity index (χ4v) is 0.842. The van der Waals surface area contributed by atoms with Gasteiger partial charge in [-0.1, -0.05) is 0 Å². The molecule has 0 spiro atoms. The van der Waals surface area contributed by atoms with Crippen molar-refractivity contribution in [2.75, 3.05) is 0 Å². The van der Waals surface area contributed by atoms with Crippen LogP contribution in [0.3, 0.4) is 0 Å². The van der Waals surface area contributed by atoms with E-state index in [0.717, 1.165) is 11.3 Å². The maximum absolute atomic E-state index is 5.22. The van der Waals surface area contributed by atoms with Gasteiger partial charge in [0.05, 0.1) is 5.71 Å². The SMILES string of the molecule is C/C(=N/NC(N)=S)c1ccncc1. The van der Waals surface area contributed by atoms with E-state index in [2.05, 4.69) is 27.7 Å². The molecule has 1 rings (SSSR count). The molecule has 0 amide bonds. The largest absolute Gasteiger partial charge is 0.375 e. The highest BCUT2D eigenvalue weighted by molar-refractivity contribution is 7.80. The van der Waals surface area contributed by atoms with Gasteiger partial charge in [0.25, 0.3) is 0 Å². The molecular formula is C8H10N4S. The van der Waals surface area contributed by atoms with Crippen LogP contribution >= 0.6 is 12.2 Å². The molecule has 0 saturated carbocycles. The van der Waals surface area contributed by atoms with Crippen molar-refractivity contribution in [3.05, 3.63) is 30.1 Å². The number of nitrogens with zero attached hydrogens (tertiary/aromatic N) is 2. The van der Waals surface area contributed by atoms with Crippen molar-refractivity contribution in [3.8, 4) is 0 Å². The van der Waals surface area contributed by atoms with E-state index in [0.29, 0.717) is 0 Å². The number of rotatable bonds is 2. The standard InChI is InChI=1S/C8H10N4S/c1-6(11-12-8(9)13)7-2-4-10-5-3-7/h2-5H,1H3,(H3,9,12,13)/b11-6-. The minimum atomic E-state index is 0.161. The van der Waals surface area contributed by atoms with E-state index in [-0.39, 0.29) is 5.11 Å². The number of thiocarbonyl (C=S) groups is 1. The van der Waals surface area contributed by atoms with Gasteiger partial charge in [0.15, 0.2) is 5.11 Å². The molecule has 1 aromatic heterocycles. The molecule has 1 heterocycles. The van der Waals surface area contributed by atoms with Gasteiger partial charge in [-0.05, 0) is 31.3 Å². The molecule has 0 aromatic carbocycles. The third-order valence-electron chi connectivity index (χ3n) is 1.43. The van der Waals surface area contributed by atoms with Crippen LogP contribution < -0.4 is 11.2 Å². The number of hydrazone groups is 1. The highest BCUT2D eigenvalue weighted by atomic mass is 32.1. The number of nitrogens with two attached hydrogens (primary N) is 1. The Morgan fingerprint density at radius 1 is 1.54 bits per heavy atom. The van der Waals surface area contributed by atoms with Gasteiger partial charge in [0.2, 0.25) is 0 Å². The van der Waals surface area contributed by atoms with E-state index in [9.17, 15) is 0 Å². The van der Waals surface area contributed by atoms with Crippen LogP contribution in [0.15, 0.2) is 29.6 Å². The first-order valence-electron chi connectivity index (χ1n) is 3.70. The lowest BCUT2D eigenvalue weighted by Gasteiger charge is -2.00. The van der Waals surface area contributed by atoms with Crippen LogP contribution in [-0.2, 0) is 0 Å². The summed E-state index contributed by atoms with van der Waals surface area (Å²) in [6.45, 7) is 1.86. The zero-order chi connectivity index (χ0) is 9.68. The summed E-state index contributed by atoms with van der Waals surface area (Å²) in [4.78, 5) is 3.90. The minimum Gasteiger partial charge on any atom is -0.375 e. The van der Waals surface area contributed by atoms with Crippen molar-refractivity contribution in [2.24, 2.45) is 10.8 Å². The lowest BCUT2D eigenvalue weighted by Crippen LogP contribution is -2.25. The molecule has 68 valence electrons. The lowest BCUT2D eigenvalue weighted by atomic mass is 10.2. The van der Waals surface area contributed by atoms with Crippen molar-refractivity contribution in [2.45, 2.75) is 6.92 Å². The highest BCUT2D eigenvalue weighted by Crippen LogP contribution is 1.97. The normalized spacial score (nSPS) is 11.0. The van der Waals surface area contributed by atoms with Crippen molar-refractivity contribution in [1.29, 1.82) is 0 Å². The Bertz CT molecular complexity index is 320. The summed E-state index contributed by atoms with van der Waals surface area (Å²) in [5.41, 5.74) is 9.54. The molecular weight excluding hydrogens is 184 g/mol. The fourth-order valence-electron chi connectivity index (χ4n) is 0.797. The average molecular weight is 194 g/mol. The summed E-state index contributed by atoms with van der Waals surface area (Å²) in [5, 5.41) is 4.13. The molecule has 5 heteroatoms. The molecule has 0 bridgehead atoms. The van der Waals surface area contributed by atoms with E-state index < -0.39 is 0 Å². The number of pyridine rings is 1. The van der Waals surface area contributed by atoms with E-state index >= 15 is 0 Å². The number of aromatic nitrogens is 1. The molecule has 0 radical (unpaired) electrons. The monoisotopic (exact) mass is 194 g/mol. The molecule has 13 heavy (non-hydrogen) atoms. The third kappa shape index (κ3) is 3.16. The second kappa shape index (κ2) is 4.51. The Kier molecular flexibility index (Phi) is 3.33. The molecule has 0 aliphatic rings. The summed E-state index contributed by atoms with van der Waals surface area (Å²) < 4.78 is 0. The molecule has 0 aliphatic heterocycles. The smallest absolute Gasteiger partial charge is 0.184 e. The summed E-state index contributed by atoms with van der Waals surface area (Å²) in [7, 11) is 0. The zero-order valence-corrected chi connectivity index (χ0v) is 8.01. The summed E-state index contributed by atoms with van der Waals surface area (Å²) >= 11 is 4.61. The summed E-state index contributed by atoms with van der Waals surface area (Å²) in [6.07, 6.45) is 3.41. The van der Waals surface area contributed by atoms with Gasteiger partial charge in [-0.2, -0.15) is 5.10 Å². The molecule has 0 aliphatic carbocycles. The molecule has 0 atom stereocenters. The van der Waals surface area contributed by atoms with Gasteiger partial charge in [0.1, 0.15) is 0 Å². The maximum atomic E-state index is 5.22. The zero-order valence-electron chi connectivity index (χ0n) is 7.19. The number of hydrogen-bond donors (Lipinski definition) is 2. The van der Waals surface area contributed by atoms with Gasteiger partial charge in [-0.25, -0.2) is 0 Å². The van der Waals surface area contributed by atoms with Crippen molar-refractivity contribution in [1.82, 2.24) is 10.4 Å². The summed E-state index contributed by atoms with van der Waals surface area (Å²) in [5.74, 6) is 0. The second-order valence-corrected chi connectivity index (χ2v) is 2.85. The van der Waals surface area contributed by atoms with E-state index in [1.165, 1.54) is 0 Å². The second-order valence-electron chi connectivity index (χ2n) is 2.41. The first-order valence-corrected chi connectivity index (χ1v) is 4.11. The topological polar surface area (TPSA) is 63.3 Å². The van der Waals surface area contributed by atoms with Crippen LogP contribution in [0.4, 0.5) is 0 Å². The minimum absolute atomic E-state index is 0.161. The molecule has 4 nitrogen and oxygen atoms in total. The van der Waals surface area contributed by atoms with Crippen LogP contribution in [-0.4, -0.2) is 15.8 Å². The molecule has 1 aromatic rings. The van der Waals surface area contributed by atoms with Gasteiger partial charge in [0, 0.05) is 18.0 Å². The third-order valence-corrected chi connectivity index (χ3v) is 1.52. The average Bonchev–Trinajstić information content (AvgIpc) is 2.15. The fraction of sp³-hybridized carbons (Fsp3) is 0.125. The predicted molar refractivity (Wildman–Crippen MR) is 56.4 cm³/mol. The Morgan fingerprint density at radius 2 is 2.15 bits per heavy atom. The summed E-state index contributed by atoms with van der Waals surface area (Å²) in [6, 6.07) is 3.72. The van der Waals surface area contributed by atoms with Crippen LogP contribution in [0.1, 0.15) is 12.5 Å². The van der Waals surface area contributed by atoms with Crippen LogP contribution in [0, 0.1) is 0 Å². The number of hydrogen-bond acceptors (Lipinski definition) is 3. The van der Waals surface area contributed by atoms with Gasteiger partial charge >= 0.3 is 0 Å².